The minimum Gasteiger partial charge on any atom is -0.495 e. The lowest BCUT2D eigenvalue weighted by Gasteiger charge is -2.24. The third kappa shape index (κ3) is 4.69. The molecule has 124 valence electrons. The van der Waals surface area contributed by atoms with Crippen molar-refractivity contribution >= 4 is 21.6 Å². The number of methoxy groups -OCH3 is 1. The molecule has 0 bridgehead atoms. The van der Waals surface area contributed by atoms with Gasteiger partial charge in [-0.1, -0.05) is 6.92 Å². The van der Waals surface area contributed by atoms with Crippen molar-refractivity contribution in [3.63, 3.8) is 0 Å². The van der Waals surface area contributed by atoms with Crippen LogP contribution in [0.3, 0.4) is 0 Å². The Balaban J connectivity index is 3.16. The van der Waals surface area contributed by atoms with E-state index in [2.05, 4.69) is 10.0 Å². The molecule has 22 heavy (non-hydrogen) atoms. The Morgan fingerprint density at radius 3 is 2.45 bits per heavy atom. The van der Waals surface area contributed by atoms with Gasteiger partial charge in [-0.3, -0.25) is 9.69 Å². The van der Waals surface area contributed by atoms with E-state index in [0.717, 1.165) is 0 Å². The molecule has 1 rings (SSSR count). The van der Waals surface area contributed by atoms with Crippen LogP contribution in [-0.4, -0.2) is 46.6 Å². The number of hydrogen-bond acceptors (Lipinski definition) is 5. The maximum Gasteiger partial charge on any atom is 0.241 e. The van der Waals surface area contributed by atoms with Crippen LogP contribution in [0.15, 0.2) is 23.1 Å². The first-order chi connectivity index (χ1) is 10.2. The average Bonchev–Trinajstić information content (AvgIpc) is 2.43. The molecule has 0 radical (unpaired) electrons. The van der Waals surface area contributed by atoms with E-state index >= 15 is 0 Å². The summed E-state index contributed by atoms with van der Waals surface area (Å²) < 4.78 is 32.6. The van der Waals surface area contributed by atoms with Crippen LogP contribution >= 0.6 is 0 Å². The smallest absolute Gasteiger partial charge is 0.241 e. The number of amides is 1. The molecule has 0 aliphatic rings. The third-order valence-electron chi connectivity index (χ3n) is 3.09. The number of rotatable bonds is 7. The first kappa shape index (κ1) is 18.4. The van der Waals surface area contributed by atoms with Gasteiger partial charge in [0.15, 0.2) is 0 Å². The Hall–Kier alpha value is -1.64. The molecular weight excluding hydrogens is 306 g/mol. The number of nitrogens with zero attached hydrogens (tertiary/aromatic N) is 1. The molecule has 1 unspecified atom stereocenters. The average molecular weight is 329 g/mol. The zero-order valence-electron chi connectivity index (χ0n) is 13.5. The number of hydrogen-bond donors (Lipinski definition) is 2. The minimum absolute atomic E-state index is 0.0670. The zero-order chi connectivity index (χ0) is 16.9. The van der Waals surface area contributed by atoms with E-state index in [0.29, 0.717) is 17.9 Å². The van der Waals surface area contributed by atoms with Crippen molar-refractivity contribution in [3.8, 4) is 5.75 Å². The van der Waals surface area contributed by atoms with Gasteiger partial charge in [0.25, 0.3) is 0 Å². The van der Waals surface area contributed by atoms with Gasteiger partial charge < -0.3 is 10.1 Å². The molecule has 8 heteroatoms. The first-order valence-corrected chi connectivity index (χ1v) is 8.34. The van der Waals surface area contributed by atoms with Crippen LogP contribution in [-0.2, 0) is 14.8 Å². The minimum atomic E-state index is -3.70. The Labute approximate surface area is 131 Å². The number of ether oxygens (including phenoxy) is 1. The van der Waals surface area contributed by atoms with Gasteiger partial charge in [-0.05, 0) is 38.7 Å². The van der Waals surface area contributed by atoms with Crippen LogP contribution in [0, 0.1) is 0 Å². The molecule has 0 aliphatic carbocycles. The summed E-state index contributed by atoms with van der Waals surface area (Å²) in [5, 5.41) is 2.56. The molecule has 0 heterocycles. The van der Waals surface area contributed by atoms with E-state index in [-0.39, 0.29) is 17.0 Å². The normalized spacial score (nSPS) is 13.0. The summed E-state index contributed by atoms with van der Waals surface area (Å²) >= 11 is 0. The Morgan fingerprint density at radius 2 is 2.00 bits per heavy atom. The van der Waals surface area contributed by atoms with Crippen molar-refractivity contribution in [2.24, 2.45) is 0 Å². The number of carbonyl (C=O) groups excluding carboxylic acids is 1. The highest BCUT2D eigenvalue weighted by Gasteiger charge is 2.21. The van der Waals surface area contributed by atoms with E-state index in [4.69, 9.17) is 4.74 Å². The third-order valence-corrected chi connectivity index (χ3v) is 4.55. The molecule has 0 aromatic heterocycles. The molecule has 0 spiro atoms. The summed E-state index contributed by atoms with van der Waals surface area (Å²) in [6.45, 7) is 3.24. The monoisotopic (exact) mass is 329 g/mol. The lowest BCUT2D eigenvalue weighted by Crippen LogP contribution is -2.44. The molecule has 1 aromatic carbocycles. The van der Waals surface area contributed by atoms with Crippen LogP contribution in [0.2, 0.25) is 0 Å². The number of carbonyl (C=O) groups is 1. The summed E-state index contributed by atoms with van der Waals surface area (Å²) in [5.74, 6) is 0.0920. The maximum absolute atomic E-state index is 12.5. The van der Waals surface area contributed by atoms with Crippen molar-refractivity contribution in [2.45, 2.75) is 31.3 Å². The molecule has 0 saturated heterocycles. The van der Waals surface area contributed by atoms with Crippen LogP contribution in [0.25, 0.3) is 0 Å². The molecule has 0 aliphatic heterocycles. The van der Waals surface area contributed by atoms with E-state index in [1.54, 1.807) is 19.0 Å². The molecule has 1 amide bonds. The van der Waals surface area contributed by atoms with Crippen LogP contribution in [0.5, 0.6) is 5.75 Å². The van der Waals surface area contributed by atoms with Crippen LogP contribution in [0.4, 0.5) is 5.69 Å². The summed E-state index contributed by atoms with van der Waals surface area (Å²) in [6.07, 6.45) is 0.317. The molecule has 2 N–H and O–H groups in total. The maximum atomic E-state index is 12.5. The van der Waals surface area contributed by atoms with Gasteiger partial charge in [0.2, 0.25) is 15.9 Å². The number of anilines is 1. The quantitative estimate of drug-likeness (QED) is 0.735. The highest BCUT2D eigenvalue weighted by atomic mass is 32.2. The zero-order valence-corrected chi connectivity index (χ0v) is 14.3. The van der Waals surface area contributed by atoms with E-state index in [1.165, 1.54) is 32.2 Å². The van der Waals surface area contributed by atoms with Gasteiger partial charge in [0, 0.05) is 6.92 Å². The highest BCUT2D eigenvalue weighted by molar-refractivity contribution is 7.89. The molecule has 1 atom stereocenters. The van der Waals surface area contributed by atoms with Crippen LogP contribution < -0.4 is 14.8 Å². The summed E-state index contributed by atoms with van der Waals surface area (Å²) in [4.78, 5) is 13.1. The van der Waals surface area contributed by atoms with Crippen molar-refractivity contribution < 1.29 is 17.9 Å². The van der Waals surface area contributed by atoms with Gasteiger partial charge in [-0.25, -0.2) is 8.42 Å². The SMILES string of the molecule is CCC(NS(=O)(=O)c1ccc(OC)c(NC(C)=O)c1)N(C)C. The van der Waals surface area contributed by atoms with E-state index in [1.807, 2.05) is 6.92 Å². The van der Waals surface area contributed by atoms with Crippen molar-refractivity contribution in [1.82, 2.24) is 9.62 Å². The summed E-state index contributed by atoms with van der Waals surface area (Å²) in [7, 11) is 1.35. The van der Waals surface area contributed by atoms with Crippen molar-refractivity contribution in [3.05, 3.63) is 18.2 Å². The number of benzene rings is 1. The fourth-order valence-corrected chi connectivity index (χ4v) is 3.33. The van der Waals surface area contributed by atoms with Crippen molar-refractivity contribution in [1.29, 1.82) is 0 Å². The summed E-state index contributed by atoms with van der Waals surface area (Å²) in [5.41, 5.74) is 0.316. The fourth-order valence-electron chi connectivity index (χ4n) is 1.94. The topological polar surface area (TPSA) is 87.7 Å². The Morgan fingerprint density at radius 1 is 1.36 bits per heavy atom. The largest absolute Gasteiger partial charge is 0.495 e. The van der Waals surface area contributed by atoms with E-state index in [9.17, 15) is 13.2 Å². The first-order valence-electron chi connectivity index (χ1n) is 6.85. The second-order valence-electron chi connectivity index (χ2n) is 5.05. The predicted octanol–water partition coefficient (Wildman–Crippen LogP) is 1.23. The number of sulfonamides is 1. The molecule has 0 saturated carbocycles. The number of nitrogens with one attached hydrogen (secondary N) is 2. The predicted molar refractivity (Wildman–Crippen MR) is 85.4 cm³/mol. The highest BCUT2D eigenvalue weighted by Crippen LogP contribution is 2.27. The summed E-state index contributed by atoms with van der Waals surface area (Å²) in [6, 6.07) is 4.33. The van der Waals surface area contributed by atoms with E-state index < -0.39 is 10.0 Å². The lowest BCUT2D eigenvalue weighted by molar-refractivity contribution is -0.114. The van der Waals surface area contributed by atoms with Gasteiger partial charge >= 0.3 is 0 Å². The Bertz CT molecular complexity index is 629. The second-order valence-corrected chi connectivity index (χ2v) is 6.77. The van der Waals surface area contributed by atoms with Crippen molar-refractivity contribution in [2.75, 3.05) is 26.5 Å². The van der Waals surface area contributed by atoms with Gasteiger partial charge in [0.1, 0.15) is 5.75 Å². The van der Waals surface area contributed by atoms with Crippen LogP contribution in [0.1, 0.15) is 20.3 Å². The molecular formula is C14H23N3O4S. The Kier molecular flexibility index (Phi) is 6.34. The van der Waals surface area contributed by atoms with Gasteiger partial charge in [0.05, 0.1) is 23.9 Å². The van der Waals surface area contributed by atoms with Gasteiger partial charge in [-0.15, -0.1) is 0 Å². The fraction of sp³-hybridized carbons (Fsp3) is 0.500. The second kappa shape index (κ2) is 7.57. The van der Waals surface area contributed by atoms with Gasteiger partial charge in [-0.2, -0.15) is 4.72 Å². The molecule has 0 fully saturated rings. The standard InChI is InChI=1S/C14H23N3O4S/c1-6-14(17(3)4)16-22(19,20)11-7-8-13(21-5)12(9-11)15-10(2)18/h7-9,14,16H,6H2,1-5H3,(H,15,18). The molecule has 7 nitrogen and oxygen atoms in total. The molecule has 1 aromatic rings. The lowest BCUT2D eigenvalue weighted by atomic mass is 10.3.